The van der Waals surface area contributed by atoms with Gasteiger partial charge in [0.15, 0.2) is 0 Å². The number of rotatable bonds is 4. The van der Waals surface area contributed by atoms with Crippen molar-refractivity contribution < 1.29 is 8.78 Å². The second-order valence-corrected chi connectivity index (χ2v) is 6.08. The molecule has 2 aromatic rings. The van der Waals surface area contributed by atoms with Gasteiger partial charge in [0.25, 0.3) is 6.43 Å². The van der Waals surface area contributed by atoms with Crippen molar-refractivity contribution in [1.29, 1.82) is 0 Å². The summed E-state index contributed by atoms with van der Waals surface area (Å²) in [7, 11) is 1.87. The molecule has 0 fully saturated rings. The molecule has 2 nitrogen and oxygen atoms in total. The van der Waals surface area contributed by atoms with Crippen LogP contribution in [0.1, 0.15) is 45.6 Å². The lowest BCUT2D eigenvalue weighted by molar-refractivity contribution is 0.151. The van der Waals surface area contributed by atoms with Gasteiger partial charge in [0, 0.05) is 10.4 Å². The zero-order valence-electron chi connectivity index (χ0n) is 11.2. The van der Waals surface area contributed by atoms with Crippen LogP contribution >= 0.6 is 11.3 Å². The fourth-order valence-corrected chi connectivity index (χ4v) is 3.89. The van der Waals surface area contributed by atoms with E-state index < -0.39 is 6.43 Å². The van der Waals surface area contributed by atoms with Crippen LogP contribution in [0.5, 0.6) is 0 Å². The highest BCUT2D eigenvalue weighted by Crippen LogP contribution is 2.33. The third-order valence-corrected chi connectivity index (χ3v) is 4.89. The highest BCUT2D eigenvalue weighted by Gasteiger charge is 2.22. The minimum atomic E-state index is -2.42. The molecule has 0 aliphatic heterocycles. The fourth-order valence-electron chi connectivity index (χ4n) is 2.60. The van der Waals surface area contributed by atoms with Gasteiger partial charge < -0.3 is 5.32 Å². The summed E-state index contributed by atoms with van der Waals surface area (Å²) in [5, 5.41) is 4.26. The molecule has 1 aromatic heterocycles. The number of hydrogen-bond acceptors (Lipinski definition) is 3. The number of fused-ring (bicyclic) bond motifs is 1. The number of aryl methyl sites for hydroxylation is 2. The van der Waals surface area contributed by atoms with Crippen molar-refractivity contribution in [3.05, 3.63) is 51.0 Å². The van der Waals surface area contributed by atoms with Crippen LogP contribution in [-0.4, -0.2) is 12.0 Å². The Labute approximate surface area is 120 Å². The topological polar surface area (TPSA) is 24.9 Å². The molecule has 20 heavy (non-hydrogen) atoms. The van der Waals surface area contributed by atoms with Crippen LogP contribution in [0, 0.1) is 0 Å². The highest BCUT2D eigenvalue weighted by atomic mass is 32.1. The Balaban J connectivity index is 1.88. The lowest BCUT2D eigenvalue weighted by atomic mass is 10.1. The SMILES string of the molecule is CNC(c1ccc(C(F)F)cc1)c1nc2c(s1)CCC2. The van der Waals surface area contributed by atoms with Gasteiger partial charge in [-0.15, -0.1) is 11.3 Å². The van der Waals surface area contributed by atoms with Crippen molar-refractivity contribution in [2.75, 3.05) is 7.05 Å². The standard InChI is InChI=1S/C15H16F2N2S/c1-18-13(9-5-7-10(8-6-9)14(16)17)15-19-11-3-2-4-12(11)20-15/h5-8,13-14,18H,2-4H2,1H3. The average molecular weight is 294 g/mol. The predicted molar refractivity (Wildman–Crippen MR) is 76.4 cm³/mol. The fraction of sp³-hybridized carbons (Fsp3) is 0.400. The summed E-state index contributed by atoms with van der Waals surface area (Å²) in [5.41, 5.74) is 2.25. The van der Waals surface area contributed by atoms with E-state index in [0.29, 0.717) is 0 Å². The third-order valence-electron chi connectivity index (χ3n) is 3.67. The molecule has 1 aromatic carbocycles. The van der Waals surface area contributed by atoms with Gasteiger partial charge in [0.05, 0.1) is 11.7 Å². The summed E-state index contributed by atoms with van der Waals surface area (Å²) in [6.07, 6.45) is 0.961. The van der Waals surface area contributed by atoms with Crippen molar-refractivity contribution in [2.24, 2.45) is 0 Å². The van der Waals surface area contributed by atoms with Gasteiger partial charge in [0.2, 0.25) is 0 Å². The maximum absolute atomic E-state index is 12.6. The number of halogens is 2. The van der Waals surface area contributed by atoms with E-state index in [1.165, 1.54) is 29.1 Å². The van der Waals surface area contributed by atoms with Crippen LogP contribution in [0.15, 0.2) is 24.3 Å². The molecule has 0 amide bonds. The molecule has 0 saturated heterocycles. The summed E-state index contributed by atoms with van der Waals surface area (Å²) >= 11 is 1.74. The van der Waals surface area contributed by atoms with E-state index >= 15 is 0 Å². The largest absolute Gasteiger partial charge is 0.307 e. The maximum Gasteiger partial charge on any atom is 0.263 e. The summed E-state index contributed by atoms with van der Waals surface area (Å²) < 4.78 is 25.2. The molecular formula is C15H16F2N2S. The Bertz CT molecular complexity index is 571. The minimum absolute atomic E-state index is 0.0164. The lowest BCUT2D eigenvalue weighted by Crippen LogP contribution is -2.17. The first-order chi connectivity index (χ1) is 9.69. The van der Waals surface area contributed by atoms with Crippen LogP contribution in [0.4, 0.5) is 8.78 Å². The summed E-state index contributed by atoms with van der Waals surface area (Å²) in [6.45, 7) is 0. The number of nitrogens with one attached hydrogen (secondary N) is 1. The number of thiazole rings is 1. The number of alkyl halides is 2. The molecule has 1 aliphatic carbocycles. The summed E-state index contributed by atoms with van der Waals surface area (Å²) in [5.74, 6) is 0. The Kier molecular flexibility index (Phi) is 3.81. The van der Waals surface area contributed by atoms with Gasteiger partial charge in [-0.25, -0.2) is 13.8 Å². The van der Waals surface area contributed by atoms with Gasteiger partial charge in [-0.3, -0.25) is 0 Å². The monoisotopic (exact) mass is 294 g/mol. The second-order valence-electron chi connectivity index (χ2n) is 4.96. The molecule has 0 bridgehead atoms. The first-order valence-corrected chi connectivity index (χ1v) is 7.54. The third kappa shape index (κ3) is 2.47. The molecule has 1 heterocycles. The molecular weight excluding hydrogens is 278 g/mol. The quantitative estimate of drug-likeness (QED) is 0.925. The molecule has 3 rings (SSSR count). The van der Waals surface area contributed by atoms with Crippen LogP contribution in [-0.2, 0) is 12.8 Å². The number of benzene rings is 1. The molecule has 0 spiro atoms. The van der Waals surface area contributed by atoms with Crippen LogP contribution in [0.2, 0.25) is 0 Å². The van der Waals surface area contributed by atoms with Crippen LogP contribution in [0.3, 0.4) is 0 Å². The van der Waals surface area contributed by atoms with Gasteiger partial charge in [0.1, 0.15) is 5.01 Å². The Hall–Kier alpha value is -1.33. The maximum atomic E-state index is 12.6. The van der Waals surface area contributed by atoms with E-state index in [1.807, 2.05) is 7.05 Å². The van der Waals surface area contributed by atoms with E-state index in [9.17, 15) is 8.78 Å². The first-order valence-electron chi connectivity index (χ1n) is 6.73. The Morgan fingerprint density at radius 3 is 2.45 bits per heavy atom. The van der Waals surface area contributed by atoms with Crippen molar-refractivity contribution >= 4 is 11.3 Å². The normalized spacial score (nSPS) is 15.6. The van der Waals surface area contributed by atoms with E-state index in [0.717, 1.165) is 23.4 Å². The summed E-state index contributed by atoms with van der Waals surface area (Å²) in [4.78, 5) is 6.08. The molecule has 5 heteroatoms. The number of aromatic nitrogens is 1. The molecule has 106 valence electrons. The van der Waals surface area contributed by atoms with Crippen molar-refractivity contribution in [2.45, 2.75) is 31.7 Å². The molecule has 1 N–H and O–H groups in total. The van der Waals surface area contributed by atoms with Crippen LogP contribution < -0.4 is 5.32 Å². The van der Waals surface area contributed by atoms with Crippen LogP contribution in [0.25, 0.3) is 0 Å². The van der Waals surface area contributed by atoms with E-state index in [2.05, 4.69) is 5.32 Å². The number of hydrogen-bond donors (Lipinski definition) is 1. The molecule has 0 saturated carbocycles. The molecule has 1 aliphatic rings. The average Bonchev–Trinajstić information content (AvgIpc) is 3.01. The highest BCUT2D eigenvalue weighted by molar-refractivity contribution is 7.11. The second kappa shape index (κ2) is 5.58. The first kappa shape index (κ1) is 13.6. The minimum Gasteiger partial charge on any atom is -0.307 e. The van der Waals surface area contributed by atoms with E-state index in [-0.39, 0.29) is 11.6 Å². The van der Waals surface area contributed by atoms with Crippen molar-refractivity contribution in [1.82, 2.24) is 10.3 Å². The zero-order chi connectivity index (χ0) is 14.1. The van der Waals surface area contributed by atoms with Gasteiger partial charge in [-0.1, -0.05) is 24.3 Å². The van der Waals surface area contributed by atoms with Crippen molar-refractivity contribution in [3.63, 3.8) is 0 Å². The zero-order valence-corrected chi connectivity index (χ0v) is 12.0. The molecule has 1 atom stereocenters. The van der Waals surface area contributed by atoms with E-state index in [4.69, 9.17) is 4.98 Å². The molecule has 0 radical (unpaired) electrons. The summed E-state index contributed by atoms with van der Waals surface area (Å²) in [6, 6.07) is 6.49. The van der Waals surface area contributed by atoms with Crippen molar-refractivity contribution in [3.8, 4) is 0 Å². The van der Waals surface area contributed by atoms with E-state index in [1.54, 1.807) is 23.5 Å². The van der Waals surface area contributed by atoms with Gasteiger partial charge >= 0.3 is 0 Å². The molecule has 1 unspecified atom stereocenters. The Morgan fingerprint density at radius 2 is 1.85 bits per heavy atom. The number of nitrogens with zero attached hydrogens (tertiary/aromatic N) is 1. The smallest absolute Gasteiger partial charge is 0.263 e. The van der Waals surface area contributed by atoms with Gasteiger partial charge in [-0.05, 0) is 31.9 Å². The predicted octanol–water partition coefficient (Wildman–Crippen LogP) is 3.88. The Morgan fingerprint density at radius 1 is 1.15 bits per heavy atom. The lowest BCUT2D eigenvalue weighted by Gasteiger charge is -2.14. The van der Waals surface area contributed by atoms with Gasteiger partial charge in [-0.2, -0.15) is 0 Å².